The van der Waals surface area contributed by atoms with E-state index in [2.05, 4.69) is 22.8 Å². The van der Waals surface area contributed by atoms with Crippen LogP contribution in [0.4, 0.5) is 0 Å². The van der Waals surface area contributed by atoms with Gasteiger partial charge in [0.05, 0.1) is 6.54 Å². The summed E-state index contributed by atoms with van der Waals surface area (Å²) in [5.74, 6) is -0.519. The summed E-state index contributed by atoms with van der Waals surface area (Å²) >= 11 is 1.66. The van der Waals surface area contributed by atoms with Gasteiger partial charge in [0, 0.05) is 34.3 Å². The summed E-state index contributed by atoms with van der Waals surface area (Å²) in [4.78, 5) is 26.9. The standard InChI is InChI=1S/C23H22N2O4S/c26-19-11-14(18-13-30-20-6-2-1-4-16(18)20)10-15-12-25(8-9-29-21(15)19)23(28)17-5-3-7-24-22(17)27/h1-2,4,6,10-11,13,17,26H,3,5,7-9,12H2,(H,24,27)/t17-/m0/s1. The first-order valence-corrected chi connectivity index (χ1v) is 11.0. The first-order chi connectivity index (χ1) is 14.6. The number of nitrogens with zero attached hydrogens (tertiary/aromatic N) is 1. The van der Waals surface area contributed by atoms with Crippen LogP contribution in [0.1, 0.15) is 18.4 Å². The zero-order valence-corrected chi connectivity index (χ0v) is 17.2. The van der Waals surface area contributed by atoms with Crippen molar-refractivity contribution < 1.29 is 19.4 Å². The molecule has 2 aromatic carbocycles. The van der Waals surface area contributed by atoms with E-state index in [4.69, 9.17) is 4.74 Å². The molecular weight excluding hydrogens is 400 g/mol. The Morgan fingerprint density at radius 1 is 1.27 bits per heavy atom. The number of ether oxygens (including phenoxy) is 1. The van der Waals surface area contributed by atoms with Crippen molar-refractivity contribution in [2.24, 2.45) is 5.92 Å². The Kier molecular flexibility index (Phi) is 4.83. The smallest absolute Gasteiger partial charge is 0.235 e. The molecule has 0 aliphatic carbocycles. The van der Waals surface area contributed by atoms with Crippen LogP contribution in [0.3, 0.4) is 0 Å². The maximum Gasteiger partial charge on any atom is 0.235 e. The number of rotatable bonds is 2. The fourth-order valence-corrected chi connectivity index (χ4v) is 5.24. The van der Waals surface area contributed by atoms with Gasteiger partial charge in [0.15, 0.2) is 11.5 Å². The van der Waals surface area contributed by atoms with Crippen LogP contribution < -0.4 is 10.1 Å². The van der Waals surface area contributed by atoms with Crippen molar-refractivity contribution in [1.82, 2.24) is 10.2 Å². The second-order valence-corrected chi connectivity index (χ2v) is 8.63. The molecule has 7 heteroatoms. The lowest BCUT2D eigenvalue weighted by Crippen LogP contribution is -2.47. The van der Waals surface area contributed by atoms with Crippen molar-refractivity contribution in [2.45, 2.75) is 19.4 Å². The van der Waals surface area contributed by atoms with Crippen molar-refractivity contribution in [1.29, 1.82) is 0 Å². The molecular formula is C23H22N2O4S. The third kappa shape index (κ3) is 3.29. The average molecular weight is 423 g/mol. The zero-order valence-electron chi connectivity index (χ0n) is 16.4. The maximum atomic E-state index is 13.0. The monoisotopic (exact) mass is 422 g/mol. The molecule has 3 aromatic rings. The molecule has 154 valence electrons. The molecule has 2 N–H and O–H groups in total. The zero-order chi connectivity index (χ0) is 20.7. The number of thiophene rings is 1. The molecule has 1 fully saturated rings. The summed E-state index contributed by atoms with van der Waals surface area (Å²) in [6, 6.07) is 11.9. The number of amides is 2. The molecule has 0 bridgehead atoms. The summed E-state index contributed by atoms with van der Waals surface area (Å²) in [6.45, 7) is 1.59. The van der Waals surface area contributed by atoms with Crippen LogP contribution in [0.15, 0.2) is 41.8 Å². The molecule has 1 saturated heterocycles. The second kappa shape index (κ2) is 7.65. The minimum absolute atomic E-state index is 0.0717. The molecule has 0 radical (unpaired) electrons. The van der Waals surface area contributed by atoms with Crippen LogP contribution in [-0.4, -0.2) is 41.5 Å². The van der Waals surface area contributed by atoms with Gasteiger partial charge in [-0.1, -0.05) is 18.2 Å². The fourth-order valence-electron chi connectivity index (χ4n) is 4.27. The number of carbonyl (C=O) groups excluding carboxylic acids is 2. The van der Waals surface area contributed by atoms with E-state index in [9.17, 15) is 14.7 Å². The van der Waals surface area contributed by atoms with Gasteiger partial charge < -0.3 is 20.1 Å². The van der Waals surface area contributed by atoms with Gasteiger partial charge in [0.1, 0.15) is 12.5 Å². The number of phenols is 1. The number of nitrogens with one attached hydrogen (secondary N) is 1. The van der Waals surface area contributed by atoms with Crippen LogP contribution in [0.25, 0.3) is 21.2 Å². The van der Waals surface area contributed by atoms with E-state index in [1.807, 2.05) is 18.2 Å². The van der Waals surface area contributed by atoms with E-state index in [0.29, 0.717) is 31.8 Å². The first-order valence-electron chi connectivity index (χ1n) is 10.1. The molecule has 1 atom stereocenters. The molecule has 0 spiro atoms. The summed E-state index contributed by atoms with van der Waals surface area (Å²) < 4.78 is 6.97. The number of hydrogen-bond donors (Lipinski definition) is 2. The molecule has 30 heavy (non-hydrogen) atoms. The van der Waals surface area contributed by atoms with E-state index in [1.165, 1.54) is 4.70 Å². The predicted octanol–water partition coefficient (Wildman–Crippen LogP) is 3.52. The maximum absolute atomic E-state index is 13.0. The minimum Gasteiger partial charge on any atom is -0.504 e. The molecule has 0 saturated carbocycles. The van der Waals surface area contributed by atoms with E-state index < -0.39 is 5.92 Å². The van der Waals surface area contributed by atoms with Gasteiger partial charge in [-0.3, -0.25) is 9.59 Å². The highest BCUT2D eigenvalue weighted by Crippen LogP contribution is 2.41. The highest BCUT2D eigenvalue weighted by Gasteiger charge is 2.34. The SMILES string of the molecule is O=C1NCCC[C@@H]1C(=O)N1CCOc2c(O)cc(-c3csc4ccccc34)cc2C1. The molecule has 0 unspecified atom stereocenters. The van der Waals surface area contributed by atoms with E-state index in [0.717, 1.165) is 28.5 Å². The molecule has 3 heterocycles. The van der Waals surface area contributed by atoms with Crippen molar-refractivity contribution in [3.05, 3.63) is 47.3 Å². The molecule has 2 aliphatic heterocycles. The van der Waals surface area contributed by atoms with E-state index in [1.54, 1.807) is 22.3 Å². The van der Waals surface area contributed by atoms with E-state index >= 15 is 0 Å². The number of fused-ring (bicyclic) bond motifs is 2. The Hall–Kier alpha value is -3.06. The van der Waals surface area contributed by atoms with Crippen LogP contribution in [0.5, 0.6) is 11.5 Å². The van der Waals surface area contributed by atoms with Crippen molar-refractivity contribution in [3.8, 4) is 22.6 Å². The number of piperidine rings is 1. The van der Waals surface area contributed by atoms with Gasteiger partial charge in [-0.15, -0.1) is 11.3 Å². The number of hydrogen-bond acceptors (Lipinski definition) is 5. The number of carbonyl (C=O) groups is 2. The molecule has 2 amide bonds. The summed E-state index contributed by atoms with van der Waals surface area (Å²) in [6.07, 6.45) is 1.38. The van der Waals surface area contributed by atoms with Gasteiger partial charge in [0.25, 0.3) is 0 Å². The lowest BCUT2D eigenvalue weighted by atomic mass is 9.96. The van der Waals surface area contributed by atoms with Crippen LogP contribution in [0, 0.1) is 5.92 Å². The lowest BCUT2D eigenvalue weighted by molar-refractivity contribution is -0.144. The lowest BCUT2D eigenvalue weighted by Gasteiger charge is -2.27. The van der Waals surface area contributed by atoms with Gasteiger partial charge in [-0.2, -0.15) is 0 Å². The highest BCUT2D eigenvalue weighted by molar-refractivity contribution is 7.17. The second-order valence-electron chi connectivity index (χ2n) is 7.72. The van der Waals surface area contributed by atoms with Gasteiger partial charge in [-0.25, -0.2) is 0 Å². The Balaban J connectivity index is 1.50. The topological polar surface area (TPSA) is 78.9 Å². The van der Waals surface area contributed by atoms with Gasteiger partial charge in [0.2, 0.25) is 11.8 Å². The third-order valence-corrected chi connectivity index (χ3v) is 6.77. The average Bonchev–Trinajstić information content (AvgIpc) is 3.06. The Bertz CT molecular complexity index is 1140. The highest BCUT2D eigenvalue weighted by atomic mass is 32.1. The fraction of sp³-hybridized carbons (Fsp3) is 0.304. The van der Waals surface area contributed by atoms with Crippen molar-refractivity contribution in [3.63, 3.8) is 0 Å². The van der Waals surface area contributed by atoms with Crippen LogP contribution >= 0.6 is 11.3 Å². The number of aromatic hydroxyl groups is 1. The van der Waals surface area contributed by atoms with Gasteiger partial charge in [-0.05, 0) is 42.0 Å². The van der Waals surface area contributed by atoms with Gasteiger partial charge >= 0.3 is 0 Å². The number of benzene rings is 2. The third-order valence-electron chi connectivity index (χ3n) is 5.80. The molecule has 2 aliphatic rings. The summed E-state index contributed by atoms with van der Waals surface area (Å²) in [5, 5.41) is 16.7. The summed E-state index contributed by atoms with van der Waals surface area (Å²) in [7, 11) is 0. The Labute approximate surface area is 178 Å². The minimum atomic E-state index is -0.641. The van der Waals surface area contributed by atoms with Crippen molar-refractivity contribution in [2.75, 3.05) is 19.7 Å². The molecule has 5 rings (SSSR count). The molecule has 6 nitrogen and oxygen atoms in total. The van der Waals surface area contributed by atoms with Crippen LogP contribution in [0.2, 0.25) is 0 Å². The molecule has 1 aromatic heterocycles. The largest absolute Gasteiger partial charge is 0.504 e. The van der Waals surface area contributed by atoms with Crippen molar-refractivity contribution >= 4 is 33.2 Å². The Morgan fingerprint density at radius 2 is 2.13 bits per heavy atom. The number of phenolic OH excluding ortho intramolecular Hbond substituents is 1. The normalized spacial score (nSPS) is 19.0. The summed E-state index contributed by atoms with van der Waals surface area (Å²) in [5.41, 5.74) is 2.68. The predicted molar refractivity (Wildman–Crippen MR) is 116 cm³/mol. The Morgan fingerprint density at radius 3 is 3.00 bits per heavy atom. The first kappa shape index (κ1) is 18.9. The quantitative estimate of drug-likeness (QED) is 0.620. The van der Waals surface area contributed by atoms with E-state index in [-0.39, 0.29) is 24.2 Å². The van der Waals surface area contributed by atoms with Crippen LogP contribution in [-0.2, 0) is 16.1 Å².